The third kappa shape index (κ3) is 3.04. The Morgan fingerprint density at radius 3 is 2.81 bits per heavy atom. The molecule has 0 aliphatic heterocycles. The monoisotopic (exact) mass is 228 g/mol. The predicted molar refractivity (Wildman–Crippen MR) is 60.7 cm³/mol. The van der Waals surface area contributed by atoms with Crippen molar-refractivity contribution < 1.29 is 14.3 Å². The average Bonchev–Trinajstić information content (AvgIpc) is 2.29. The van der Waals surface area contributed by atoms with Gasteiger partial charge in [-0.25, -0.2) is 4.79 Å². The van der Waals surface area contributed by atoms with E-state index in [-0.39, 0.29) is 24.2 Å². The van der Waals surface area contributed by atoms with Gasteiger partial charge in [-0.05, 0) is 18.9 Å². The molecule has 0 bridgehead atoms. The minimum atomic E-state index is -0.354. The number of carbonyl (C=O) groups is 1. The summed E-state index contributed by atoms with van der Waals surface area (Å²) in [5, 5.41) is 0. The molecule has 0 amide bonds. The molecule has 3 atom stereocenters. The summed E-state index contributed by atoms with van der Waals surface area (Å²) in [6.07, 6.45) is 2.78. The third-order valence-electron chi connectivity index (χ3n) is 2.66. The summed E-state index contributed by atoms with van der Waals surface area (Å²) in [6.45, 7) is 2.62. The molecule has 1 rings (SSSR count). The molecule has 1 aliphatic rings. The second kappa shape index (κ2) is 5.98. The van der Waals surface area contributed by atoms with Crippen molar-refractivity contribution in [2.75, 3.05) is 13.7 Å². The number of esters is 1. The van der Waals surface area contributed by atoms with Gasteiger partial charge in [0.1, 0.15) is 0 Å². The van der Waals surface area contributed by atoms with Crippen molar-refractivity contribution in [3.05, 3.63) is 11.6 Å². The Balaban J connectivity index is 2.75. The van der Waals surface area contributed by atoms with Crippen molar-refractivity contribution in [1.29, 1.82) is 0 Å². The van der Waals surface area contributed by atoms with E-state index in [1.807, 2.05) is 6.92 Å². The largest absolute Gasteiger partial charge is 0.466 e. The number of nitrogens with two attached hydrogens (primary N) is 2. The molecule has 5 nitrogen and oxygen atoms in total. The zero-order valence-electron chi connectivity index (χ0n) is 9.81. The zero-order chi connectivity index (χ0) is 12.1. The van der Waals surface area contributed by atoms with Gasteiger partial charge >= 0.3 is 5.97 Å². The van der Waals surface area contributed by atoms with Crippen LogP contribution in [0.25, 0.3) is 0 Å². The number of hydrogen-bond acceptors (Lipinski definition) is 5. The summed E-state index contributed by atoms with van der Waals surface area (Å²) in [7, 11) is 1.35. The lowest BCUT2D eigenvalue weighted by Gasteiger charge is -2.31. The van der Waals surface area contributed by atoms with Crippen LogP contribution in [0.5, 0.6) is 0 Å². The first-order valence-corrected chi connectivity index (χ1v) is 5.52. The van der Waals surface area contributed by atoms with Crippen LogP contribution in [0.3, 0.4) is 0 Å². The van der Waals surface area contributed by atoms with E-state index in [1.54, 1.807) is 6.08 Å². The van der Waals surface area contributed by atoms with Gasteiger partial charge in [-0.15, -0.1) is 0 Å². The second-order valence-corrected chi connectivity index (χ2v) is 3.96. The molecule has 0 radical (unpaired) electrons. The number of rotatable bonds is 4. The molecule has 0 aromatic rings. The highest BCUT2D eigenvalue weighted by Crippen LogP contribution is 2.20. The lowest BCUT2D eigenvalue weighted by Crippen LogP contribution is -2.52. The van der Waals surface area contributed by atoms with Crippen molar-refractivity contribution in [3.63, 3.8) is 0 Å². The van der Waals surface area contributed by atoms with Crippen LogP contribution < -0.4 is 11.5 Å². The fourth-order valence-corrected chi connectivity index (χ4v) is 1.71. The Bertz CT molecular complexity index is 278. The minimum Gasteiger partial charge on any atom is -0.466 e. The van der Waals surface area contributed by atoms with Crippen molar-refractivity contribution >= 4 is 5.97 Å². The number of ether oxygens (including phenoxy) is 2. The van der Waals surface area contributed by atoms with E-state index in [1.165, 1.54) is 7.11 Å². The molecule has 0 spiro atoms. The molecule has 0 saturated heterocycles. The quantitative estimate of drug-likeness (QED) is 0.658. The van der Waals surface area contributed by atoms with Crippen molar-refractivity contribution in [3.8, 4) is 0 Å². The van der Waals surface area contributed by atoms with Crippen LogP contribution in [-0.4, -0.2) is 37.9 Å². The van der Waals surface area contributed by atoms with Crippen LogP contribution in [-0.2, 0) is 14.3 Å². The van der Waals surface area contributed by atoms with Gasteiger partial charge in [-0.1, -0.05) is 6.92 Å². The maximum atomic E-state index is 11.4. The molecule has 0 saturated carbocycles. The molecule has 0 heterocycles. The van der Waals surface area contributed by atoms with Crippen LogP contribution in [0.4, 0.5) is 0 Å². The van der Waals surface area contributed by atoms with E-state index in [0.717, 1.165) is 6.42 Å². The van der Waals surface area contributed by atoms with E-state index < -0.39 is 0 Å². The molecule has 0 aromatic carbocycles. The highest BCUT2D eigenvalue weighted by Gasteiger charge is 2.31. The lowest BCUT2D eigenvalue weighted by atomic mass is 9.89. The lowest BCUT2D eigenvalue weighted by molar-refractivity contribution is -0.136. The van der Waals surface area contributed by atoms with Gasteiger partial charge in [0.15, 0.2) is 0 Å². The maximum absolute atomic E-state index is 11.4. The molecular weight excluding hydrogens is 208 g/mol. The van der Waals surface area contributed by atoms with E-state index in [0.29, 0.717) is 18.6 Å². The van der Waals surface area contributed by atoms with E-state index in [4.69, 9.17) is 16.2 Å². The smallest absolute Gasteiger partial charge is 0.333 e. The van der Waals surface area contributed by atoms with Crippen molar-refractivity contribution in [2.45, 2.75) is 38.0 Å². The van der Waals surface area contributed by atoms with Gasteiger partial charge in [0, 0.05) is 24.3 Å². The minimum absolute atomic E-state index is 0.263. The van der Waals surface area contributed by atoms with Crippen LogP contribution in [0.15, 0.2) is 11.6 Å². The first-order chi connectivity index (χ1) is 7.60. The van der Waals surface area contributed by atoms with Crippen LogP contribution in [0, 0.1) is 0 Å². The Hall–Kier alpha value is -0.910. The van der Waals surface area contributed by atoms with Gasteiger partial charge in [0.05, 0.1) is 13.2 Å². The van der Waals surface area contributed by atoms with Crippen molar-refractivity contribution in [2.24, 2.45) is 11.5 Å². The number of carbonyl (C=O) groups excluding carboxylic acids is 1. The molecule has 5 heteroatoms. The second-order valence-electron chi connectivity index (χ2n) is 3.96. The molecule has 0 fully saturated rings. The van der Waals surface area contributed by atoms with Crippen molar-refractivity contribution in [1.82, 2.24) is 0 Å². The molecule has 0 aromatic heterocycles. The normalized spacial score (nSPS) is 29.8. The Labute approximate surface area is 95.8 Å². The molecule has 16 heavy (non-hydrogen) atoms. The van der Waals surface area contributed by atoms with E-state index >= 15 is 0 Å². The van der Waals surface area contributed by atoms with Gasteiger partial charge in [-0.3, -0.25) is 0 Å². The predicted octanol–water partition coefficient (Wildman–Crippen LogP) is -0.0607. The maximum Gasteiger partial charge on any atom is 0.333 e. The number of methoxy groups -OCH3 is 1. The van der Waals surface area contributed by atoms with Gasteiger partial charge in [0.2, 0.25) is 0 Å². The summed E-state index contributed by atoms with van der Waals surface area (Å²) in [5.74, 6) is -0.354. The highest BCUT2D eigenvalue weighted by molar-refractivity contribution is 5.88. The van der Waals surface area contributed by atoms with E-state index in [2.05, 4.69) is 4.74 Å². The summed E-state index contributed by atoms with van der Waals surface area (Å²) in [4.78, 5) is 11.4. The van der Waals surface area contributed by atoms with Crippen LogP contribution in [0.2, 0.25) is 0 Å². The van der Waals surface area contributed by atoms with Crippen LogP contribution >= 0.6 is 0 Å². The number of hydrogen-bond donors (Lipinski definition) is 2. The fourth-order valence-electron chi connectivity index (χ4n) is 1.71. The Morgan fingerprint density at radius 2 is 2.25 bits per heavy atom. The van der Waals surface area contributed by atoms with Gasteiger partial charge in [0.25, 0.3) is 0 Å². The molecule has 4 N–H and O–H groups in total. The van der Waals surface area contributed by atoms with Gasteiger partial charge < -0.3 is 20.9 Å². The van der Waals surface area contributed by atoms with Gasteiger partial charge in [-0.2, -0.15) is 0 Å². The van der Waals surface area contributed by atoms with Crippen LogP contribution in [0.1, 0.15) is 19.8 Å². The first-order valence-electron chi connectivity index (χ1n) is 5.52. The molecule has 1 aliphatic carbocycles. The fraction of sp³-hybridized carbons (Fsp3) is 0.727. The third-order valence-corrected chi connectivity index (χ3v) is 2.66. The Kier molecular flexibility index (Phi) is 4.92. The average molecular weight is 228 g/mol. The molecular formula is C11H20N2O3. The summed E-state index contributed by atoms with van der Waals surface area (Å²) in [6, 6.07) is -0.527. The zero-order valence-corrected chi connectivity index (χ0v) is 9.81. The first kappa shape index (κ1) is 13.2. The standard InChI is InChI=1S/C11H20N2O3/c1-3-4-16-9-6-7(11(14)15-2)5-8(12)10(9)13/h6,8-10H,3-5,12-13H2,1-2H3/t8-,9+,10+/m0/s1. The Morgan fingerprint density at radius 1 is 1.56 bits per heavy atom. The summed E-state index contributed by atoms with van der Waals surface area (Å²) >= 11 is 0. The molecule has 0 unspecified atom stereocenters. The summed E-state index contributed by atoms with van der Waals surface area (Å²) in [5.41, 5.74) is 12.3. The highest BCUT2D eigenvalue weighted by atomic mass is 16.5. The van der Waals surface area contributed by atoms with E-state index in [9.17, 15) is 4.79 Å². The molecule has 92 valence electrons. The SMILES string of the molecule is CCCO[C@@H]1C=C(C(=O)OC)C[C@H](N)[C@H]1N. The summed E-state index contributed by atoms with van der Waals surface area (Å²) < 4.78 is 10.2. The topological polar surface area (TPSA) is 87.6 Å².